The smallest absolute Gasteiger partial charge is 0.475 e. The topological polar surface area (TPSA) is 109 Å². The molecule has 0 bridgehead atoms. The lowest BCUT2D eigenvalue weighted by Crippen LogP contribution is -2.50. The summed E-state index contributed by atoms with van der Waals surface area (Å²) in [5, 5.41) is 11.2. The summed E-state index contributed by atoms with van der Waals surface area (Å²) in [6.07, 6.45) is -5.04. The van der Waals surface area contributed by atoms with E-state index in [0.717, 1.165) is 35.8 Å². The van der Waals surface area contributed by atoms with Crippen molar-refractivity contribution in [3.8, 4) is 0 Å². The van der Waals surface area contributed by atoms with Gasteiger partial charge in [0.2, 0.25) is 0 Å². The maximum atomic E-state index is 12.8. The van der Waals surface area contributed by atoms with Crippen molar-refractivity contribution in [2.24, 2.45) is 0 Å². The lowest BCUT2D eigenvalue weighted by Gasteiger charge is -2.36. The summed E-state index contributed by atoms with van der Waals surface area (Å²) in [6, 6.07) is 5.74. The van der Waals surface area contributed by atoms with Crippen LogP contribution in [-0.4, -0.2) is 81.5 Å². The Morgan fingerprint density at radius 1 is 1.21 bits per heavy atom. The Balaban J connectivity index is 0.000000383. The molecule has 0 unspecified atom stereocenters. The Hall–Kier alpha value is -2.99. The summed E-state index contributed by atoms with van der Waals surface area (Å²) in [4.78, 5) is 30.4. The third kappa shape index (κ3) is 5.88. The first-order valence-electron chi connectivity index (χ1n) is 10.3. The number of aliphatic carboxylic acids is 1. The number of fused-ring (bicyclic) bond motifs is 1. The van der Waals surface area contributed by atoms with E-state index in [1.807, 2.05) is 37.8 Å². The van der Waals surface area contributed by atoms with E-state index in [1.54, 1.807) is 6.07 Å². The fourth-order valence-electron chi connectivity index (χ4n) is 3.88. The van der Waals surface area contributed by atoms with Gasteiger partial charge >= 0.3 is 12.1 Å². The van der Waals surface area contributed by atoms with Gasteiger partial charge in [-0.25, -0.2) is 9.78 Å². The molecular weight excluding hydrogens is 445 g/mol. The van der Waals surface area contributed by atoms with Crippen molar-refractivity contribution in [1.29, 1.82) is 0 Å². The third-order valence-corrected chi connectivity index (χ3v) is 5.60. The first kappa shape index (κ1) is 24.6. The number of carbonyl (C=O) groups is 2. The SMILES string of the molecule is Cc1cccc(C(=O)N2C[C@@H]3OCCN(Cc4c(C)noc4C)[C@@H]3C2)n1.O=C(O)C(F)(F)F. The van der Waals surface area contributed by atoms with Gasteiger partial charge in [0.25, 0.3) is 5.91 Å². The van der Waals surface area contributed by atoms with Crippen molar-refractivity contribution >= 4 is 11.9 Å². The number of likely N-dealkylation sites (tertiary alicyclic amines) is 1. The maximum Gasteiger partial charge on any atom is 0.490 e. The summed E-state index contributed by atoms with van der Waals surface area (Å²) < 4.78 is 43.0. The second-order valence-electron chi connectivity index (χ2n) is 7.93. The number of rotatable bonds is 3. The zero-order chi connectivity index (χ0) is 24.3. The van der Waals surface area contributed by atoms with Gasteiger partial charge in [-0.3, -0.25) is 9.69 Å². The average molecular weight is 470 g/mol. The van der Waals surface area contributed by atoms with E-state index in [-0.39, 0.29) is 18.1 Å². The predicted octanol–water partition coefficient (Wildman–Crippen LogP) is 2.35. The van der Waals surface area contributed by atoms with Crippen LogP contribution in [0.4, 0.5) is 13.2 Å². The highest BCUT2D eigenvalue weighted by Crippen LogP contribution is 2.27. The van der Waals surface area contributed by atoms with Crippen molar-refractivity contribution in [2.45, 2.75) is 45.6 Å². The number of ether oxygens (including phenoxy) is 1. The number of halogens is 3. The first-order valence-corrected chi connectivity index (χ1v) is 10.3. The average Bonchev–Trinajstić information content (AvgIpc) is 3.32. The van der Waals surface area contributed by atoms with Crippen LogP contribution in [0, 0.1) is 20.8 Å². The van der Waals surface area contributed by atoms with Crippen LogP contribution in [0.25, 0.3) is 0 Å². The van der Waals surface area contributed by atoms with Crippen LogP contribution >= 0.6 is 0 Å². The van der Waals surface area contributed by atoms with Crippen molar-refractivity contribution < 1.29 is 37.1 Å². The number of amides is 1. The van der Waals surface area contributed by atoms with Crippen molar-refractivity contribution in [3.05, 3.63) is 46.6 Å². The number of pyridine rings is 1. The van der Waals surface area contributed by atoms with E-state index in [0.29, 0.717) is 25.4 Å². The Labute approximate surface area is 188 Å². The Morgan fingerprint density at radius 2 is 1.91 bits per heavy atom. The molecule has 180 valence electrons. The quantitative estimate of drug-likeness (QED) is 0.728. The van der Waals surface area contributed by atoms with Gasteiger partial charge in [0.15, 0.2) is 0 Å². The second-order valence-corrected chi connectivity index (χ2v) is 7.93. The van der Waals surface area contributed by atoms with Gasteiger partial charge < -0.3 is 19.3 Å². The molecule has 0 radical (unpaired) electrons. The van der Waals surface area contributed by atoms with Crippen LogP contribution in [0.1, 0.15) is 33.2 Å². The number of carbonyl (C=O) groups excluding carboxylic acids is 1. The maximum absolute atomic E-state index is 12.8. The van der Waals surface area contributed by atoms with Gasteiger partial charge in [0.1, 0.15) is 11.5 Å². The van der Waals surface area contributed by atoms with Crippen LogP contribution in [0.3, 0.4) is 0 Å². The molecule has 9 nitrogen and oxygen atoms in total. The van der Waals surface area contributed by atoms with Crippen LogP contribution in [-0.2, 0) is 16.1 Å². The molecule has 0 saturated carbocycles. The molecule has 2 aliphatic rings. The standard InChI is InChI=1S/C19H24N4O3.C2HF3O2/c1-12-5-4-6-16(20-12)19(24)23-10-17-18(11-23)25-8-7-22(17)9-15-13(2)21-26-14(15)3;3-2(4,5)1(6)7/h4-6,17-18H,7-11H2,1-3H3;(H,6,7)/t17-,18+;/m1./s1. The Morgan fingerprint density at radius 3 is 2.48 bits per heavy atom. The lowest BCUT2D eigenvalue weighted by molar-refractivity contribution is -0.192. The minimum Gasteiger partial charge on any atom is -0.475 e. The second kappa shape index (κ2) is 9.87. The number of hydrogen-bond donors (Lipinski definition) is 1. The van der Waals surface area contributed by atoms with Crippen LogP contribution in [0.2, 0.25) is 0 Å². The van der Waals surface area contributed by atoms with Crippen molar-refractivity contribution in [2.75, 3.05) is 26.2 Å². The van der Waals surface area contributed by atoms with Gasteiger partial charge in [-0.15, -0.1) is 0 Å². The molecule has 0 aliphatic carbocycles. The molecule has 1 amide bonds. The van der Waals surface area contributed by atoms with E-state index < -0.39 is 12.1 Å². The first-order chi connectivity index (χ1) is 15.5. The number of alkyl halides is 3. The number of nitrogens with zero attached hydrogens (tertiary/aromatic N) is 4. The molecule has 2 atom stereocenters. The van der Waals surface area contributed by atoms with Crippen LogP contribution in [0.15, 0.2) is 22.7 Å². The molecule has 2 aromatic heterocycles. The highest BCUT2D eigenvalue weighted by Gasteiger charge is 2.42. The summed E-state index contributed by atoms with van der Waals surface area (Å²) in [6.45, 7) is 9.37. The highest BCUT2D eigenvalue weighted by atomic mass is 19.4. The molecule has 2 fully saturated rings. The Kier molecular flexibility index (Phi) is 7.38. The number of hydrogen-bond acceptors (Lipinski definition) is 7. The minimum absolute atomic E-state index is 0.0241. The molecule has 4 rings (SSSR count). The molecule has 2 saturated heterocycles. The third-order valence-electron chi connectivity index (χ3n) is 5.60. The number of aromatic nitrogens is 2. The zero-order valence-corrected chi connectivity index (χ0v) is 18.4. The van der Waals surface area contributed by atoms with Gasteiger partial charge in [-0.1, -0.05) is 11.2 Å². The van der Waals surface area contributed by atoms with Crippen molar-refractivity contribution in [3.63, 3.8) is 0 Å². The minimum atomic E-state index is -5.08. The van der Waals surface area contributed by atoms with Crippen molar-refractivity contribution in [1.82, 2.24) is 19.9 Å². The molecule has 33 heavy (non-hydrogen) atoms. The van der Waals surface area contributed by atoms with Gasteiger partial charge in [0, 0.05) is 37.4 Å². The number of carboxylic acid groups (broad SMARTS) is 1. The van der Waals surface area contributed by atoms with Gasteiger partial charge in [-0.05, 0) is 32.9 Å². The fraction of sp³-hybridized carbons (Fsp3) is 0.524. The van der Waals surface area contributed by atoms with Gasteiger partial charge in [0.05, 0.1) is 24.4 Å². The van der Waals surface area contributed by atoms with Gasteiger partial charge in [-0.2, -0.15) is 13.2 Å². The number of morpholine rings is 1. The highest BCUT2D eigenvalue weighted by molar-refractivity contribution is 5.92. The van der Waals surface area contributed by atoms with E-state index >= 15 is 0 Å². The summed E-state index contributed by atoms with van der Waals surface area (Å²) in [7, 11) is 0. The molecule has 12 heteroatoms. The van der Waals surface area contributed by atoms with E-state index in [1.165, 1.54) is 0 Å². The summed E-state index contributed by atoms with van der Waals surface area (Å²) >= 11 is 0. The number of aryl methyl sites for hydroxylation is 3. The fourth-order valence-corrected chi connectivity index (χ4v) is 3.88. The molecule has 4 heterocycles. The zero-order valence-electron chi connectivity index (χ0n) is 18.4. The molecule has 0 spiro atoms. The van der Waals surface area contributed by atoms with E-state index in [4.69, 9.17) is 19.2 Å². The molecular formula is C21H25F3N4O5. The predicted molar refractivity (Wildman–Crippen MR) is 108 cm³/mol. The summed E-state index contributed by atoms with van der Waals surface area (Å²) in [5.74, 6) is -1.92. The molecule has 2 aromatic rings. The largest absolute Gasteiger partial charge is 0.490 e. The van der Waals surface area contributed by atoms with Crippen LogP contribution < -0.4 is 0 Å². The molecule has 2 aliphatic heterocycles. The monoisotopic (exact) mass is 470 g/mol. The normalized spacial score (nSPS) is 20.7. The summed E-state index contributed by atoms with van der Waals surface area (Å²) in [5.41, 5.74) is 3.42. The van der Waals surface area contributed by atoms with E-state index in [2.05, 4.69) is 15.0 Å². The van der Waals surface area contributed by atoms with E-state index in [9.17, 15) is 18.0 Å². The molecule has 1 N–H and O–H groups in total. The lowest BCUT2D eigenvalue weighted by atomic mass is 10.1. The number of carboxylic acids is 1. The Bertz CT molecular complexity index is 991. The van der Waals surface area contributed by atoms with Crippen LogP contribution in [0.5, 0.6) is 0 Å². The molecule has 0 aromatic carbocycles.